The number of fused-ring (bicyclic) bond motifs is 1. The third-order valence-corrected chi connectivity index (χ3v) is 9.86. The highest BCUT2D eigenvalue weighted by molar-refractivity contribution is 6.74. The van der Waals surface area contributed by atoms with Gasteiger partial charge < -0.3 is 19.0 Å². The van der Waals surface area contributed by atoms with Crippen LogP contribution in [0.2, 0.25) is 18.1 Å². The van der Waals surface area contributed by atoms with Crippen LogP contribution in [0.5, 0.6) is 0 Å². The summed E-state index contributed by atoms with van der Waals surface area (Å²) in [6.45, 7) is 15.6. The fourth-order valence-corrected chi connectivity index (χ4v) is 4.40. The minimum absolute atomic E-state index is 0.0511. The average molecular weight is 388 g/mol. The smallest absolute Gasteiger partial charge is 0.417 e. The van der Waals surface area contributed by atoms with Gasteiger partial charge in [0.15, 0.2) is 8.32 Å². The Morgan fingerprint density at radius 1 is 1.27 bits per heavy atom. The summed E-state index contributed by atoms with van der Waals surface area (Å²) in [5.41, 5.74) is -0.707. The summed E-state index contributed by atoms with van der Waals surface area (Å²) < 4.78 is 17.8. The van der Waals surface area contributed by atoms with Gasteiger partial charge in [0, 0.05) is 0 Å². The van der Waals surface area contributed by atoms with Crippen LogP contribution in [0.3, 0.4) is 0 Å². The number of hydrogen-bond donors (Lipinski definition) is 1. The lowest BCUT2D eigenvalue weighted by Gasteiger charge is -2.41. The molecule has 0 saturated carbocycles. The normalized spacial score (nSPS) is 29.9. The fraction of sp³-hybridized carbons (Fsp3) is 0.889. The number of likely N-dealkylation sites (tertiary alicyclic amines) is 1. The second-order valence-electron chi connectivity index (χ2n) is 9.68. The number of rotatable bonds is 3. The van der Waals surface area contributed by atoms with Crippen molar-refractivity contribution in [1.29, 1.82) is 0 Å². The van der Waals surface area contributed by atoms with E-state index in [-0.39, 0.29) is 24.0 Å². The van der Waals surface area contributed by atoms with E-state index in [2.05, 4.69) is 33.9 Å². The van der Waals surface area contributed by atoms with Gasteiger partial charge in [-0.1, -0.05) is 20.8 Å². The number of carbonyl (C=O) groups excluding carboxylic acids is 2. The molecule has 8 heteroatoms. The Balaban J connectivity index is 2.31. The molecule has 0 aromatic carbocycles. The molecule has 150 valence electrons. The largest absolute Gasteiger partial charge is 0.443 e. The molecule has 7 nitrogen and oxygen atoms in total. The van der Waals surface area contributed by atoms with Gasteiger partial charge in [0.05, 0.1) is 31.3 Å². The molecule has 4 atom stereocenters. The summed E-state index contributed by atoms with van der Waals surface area (Å²) >= 11 is 0. The summed E-state index contributed by atoms with van der Waals surface area (Å²) in [5.74, 6) is -0.325. The molecular weight excluding hydrogens is 354 g/mol. The van der Waals surface area contributed by atoms with E-state index in [1.807, 2.05) is 0 Å². The molecule has 1 N–H and O–H groups in total. The van der Waals surface area contributed by atoms with E-state index in [1.165, 1.54) is 0 Å². The maximum Gasteiger partial charge on any atom is 0.417 e. The highest BCUT2D eigenvalue weighted by Crippen LogP contribution is 2.43. The van der Waals surface area contributed by atoms with Crippen molar-refractivity contribution in [2.75, 3.05) is 6.61 Å². The van der Waals surface area contributed by atoms with Crippen molar-refractivity contribution in [2.24, 2.45) is 0 Å². The minimum Gasteiger partial charge on any atom is -0.443 e. The van der Waals surface area contributed by atoms with E-state index in [0.29, 0.717) is 0 Å². The topological polar surface area (TPSA) is 85.3 Å². The van der Waals surface area contributed by atoms with Crippen molar-refractivity contribution in [3.05, 3.63) is 0 Å². The van der Waals surface area contributed by atoms with E-state index >= 15 is 0 Å². The highest BCUT2D eigenvalue weighted by Gasteiger charge is 2.58. The Labute approximate surface area is 157 Å². The number of amides is 2. The highest BCUT2D eigenvalue weighted by atomic mass is 28.4. The van der Waals surface area contributed by atoms with Crippen LogP contribution >= 0.6 is 0 Å². The Morgan fingerprint density at radius 3 is 2.31 bits per heavy atom. The molecular formula is C18H33NO6Si. The van der Waals surface area contributed by atoms with Crippen molar-refractivity contribution in [3.63, 3.8) is 0 Å². The third-order valence-electron chi connectivity index (χ3n) is 5.38. The first kappa shape index (κ1) is 21.3. The number of aliphatic hydroxyl groups is 1. The Kier molecular flexibility index (Phi) is 5.65. The van der Waals surface area contributed by atoms with Crippen LogP contribution in [-0.2, 0) is 18.7 Å². The van der Waals surface area contributed by atoms with E-state index in [4.69, 9.17) is 13.9 Å². The predicted molar refractivity (Wildman–Crippen MR) is 99.3 cm³/mol. The Bertz CT molecular complexity index is 565. The summed E-state index contributed by atoms with van der Waals surface area (Å²) in [4.78, 5) is 26.2. The number of ether oxygens (including phenoxy) is 2. The predicted octanol–water partition coefficient (Wildman–Crippen LogP) is 2.67. The zero-order valence-electron chi connectivity index (χ0n) is 17.2. The fourth-order valence-electron chi connectivity index (χ4n) is 3.08. The van der Waals surface area contributed by atoms with Gasteiger partial charge in [0.25, 0.3) is 0 Å². The monoisotopic (exact) mass is 387 g/mol. The van der Waals surface area contributed by atoms with Crippen LogP contribution < -0.4 is 0 Å². The van der Waals surface area contributed by atoms with Crippen LogP contribution in [0.4, 0.5) is 4.79 Å². The Hall–Kier alpha value is -0.963. The van der Waals surface area contributed by atoms with Gasteiger partial charge in [-0.05, 0) is 38.9 Å². The molecule has 2 amide bonds. The first-order chi connectivity index (χ1) is 11.7. The molecule has 0 aliphatic carbocycles. The maximum atomic E-state index is 12.6. The SMILES string of the molecule is CC(C)(C)OC(=O)N1C(=O)C[C@@H]2O[C@H](CO)[C@@H](O[Si](C)(C)C(C)(C)C)[C@@H]21. The van der Waals surface area contributed by atoms with E-state index in [1.54, 1.807) is 20.8 Å². The first-order valence-electron chi connectivity index (χ1n) is 9.17. The Morgan fingerprint density at radius 2 is 1.85 bits per heavy atom. The third kappa shape index (κ3) is 4.13. The van der Waals surface area contributed by atoms with Gasteiger partial charge in [0.2, 0.25) is 5.91 Å². The van der Waals surface area contributed by atoms with Gasteiger partial charge >= 0.3 is 6.09 Å². The van der Waals surface area contributed by atoms with Crippen molar-refractivity contribution in [2.45, 2.75) is 96.1 Å². The van der Waals surface area contributed by atoms with Crippen molar-refractivity contribution < 1.29 is 28.6 Å². The number of nitrogens with zero attached hydrogens (tertiary/aromatic N) is 1. The molecule has 0 bridgehead atoms. The van der Waals surface area contributed by atoms with Gasteiger partial charge in [-0.15, -0.1) is 0 Å². The zero-order valence-corrected chi connectivity index (χ0v) is 18.2. The summed E-state index contributed by atoms with van der Waals surface area (Å²) in [6.07, 6.45) is -2.16. The van der Waals surface area contributed by atoms with Crippen LogP contribution in [0.25, 0.3) is 0 Å². The molecule has 2 rings (SSSR count). The molecule has 26 heavy (non-hydrogen) atoms. The number of imide groups is 1. The zero-order chi connectivity index (χ0) is 20.1. The molecule has 2 heterocycles. The second-order valence-corrected chi connectivity index (χ2v) is 14.4. The molecule has 0 aromatic heterocycles. The van der Waals surface area contributed by atoms with Gasteiger partial charge in [0.1, 0.15) is 11.7 Å². The molecule has 2 aliphatic rings. The van der Waals surface area contributed by atoms with Crippen molar-refractivity contribution in [3.8, 4) is 0 Å². The van der Waals surface area contributed by atoms with E-state index in [0.717, 1.165) is 4.90 Å². The number of aliphatic hydroxyl groups excluding tert-OH is 1. The number of carbonyl (C=O) groups is 2. The van der Waals surface area contributed by atoms with Crippen molar-refractivity contribution >= 4 is 20.3 Å². The average Bonchev–Trinajstić information content (AvgIpc) is 2.90. The number of hydrogen-bond acceptors (Lipinski definition) is 6. The summed E-state index contributed by atoms with van der Waals surface area (Å²) in [6, 6.07) is -0.566. The molecule has 0 aromatic rings. The maximum absolute atomic E-state index is 12.6. The minimum atomic E-state index is -2.20. The van der Waals surface area contributed by atoms with Gasteiger partial charge in [-0.25, -0.2) is 9.69 Å². The first-order valence-corrected chi connectivity index (χ1v) is 12.1. The van der Waals surface area contributed by atoms with Gasteiger partial charge in [-0.3, -0.25) is 4.79 Å². The second kappa shape index (κ2) is 6.89. The molecule has 2 fully saturated rings. The van der Waals surface area contributed by atoms with Gasteiger partial charge in [-0.2, -0.15) is 0 Å². The molecule has 0 unspecified atom stereocenters. The lowest BCUT2D eigenvalue weighted by Crippen LogP contribution is -2.55. The van der Waals surface area contributed by atoms with E-state index in [9.17, 15) is 14.7 Å². The van der Waals surface area contributed by atoms with Crippen LogP contribution in [0.15, 0.2) is 0 Å². The standard InChI is InChI=1S/C18H33NO6Si/c1-17(2,3)24-16(22)19-13(21)9-11-14(19)15(12(10-20)23-11)25-26(7,8)18(4,5)6/h11-12,14-15,20H,9-10H2,1-8H3/t11-,12+,14+,15+/m0/s1. The van der Waals surface area contributed by atoms with E-state index < -0.39 is 44.4 Å². The van der Waals surface area contributed by atoms with Crippen LogP contribution in [0, 0.1) is 0 Å². The lowest BCUT2D eigenvalue weighted by atomic mass is 10.1. The lowest BCUT2D eigenvalue weighted by molar-refractivity contribution is -0.130. The molecule has 2 aliphatic heterocycles. The van der Waals surface area contributed by atoms with Crippen LogP contribution in [0.1, 0.15) is 48.0 Å². The quantitative estimate of drug-likeness (QED) is 0.750. The summed E-state index contributed by atoms with van der Waals surface area (Å²) in [5, 5.41) is 9.71. The molecule has 2 saturated heterocycles. The van der Waals surface area contributed by atoms with Crippen molar-refractivity contribution in [1.82, 2.24) is 4.90 Å². The summed E-state index contributed by atoms with van der Waals surface area (Å²) in [7, 11) is -2.20. The van der Waals surface area contributed by atoms with Crippen LogP contribution in [-0.4, -0.2) is 66.9 Å². The molecule has 0 spiro atoms. The molecule has 0 radical (unpaired) electrons.